The fourth-order valence-electron chi connectivity index (χ4n) is 2.52. The van der Waals surface area contributed by atoms with E-state index in [4.69, 9.17) is 11.6 Å². The second-order valence-corrected chi connectivity index (χ2v) is 7.45. The maximum atomic E-state index is 12.1. The van der Waals surface area contributed by atoms with Crippen LogP contribution in [-0.2, 0) is 0 Å². The third kappa shape index (κ3) is 4.24. The van der Waals surface area contributed by atoms with Gasteiger partial charge in [-0.2, -0.15) is 14.6 Å². The molecule has 0 saturated heterocycles. The molecule has 7 nitrogen and oxygen atoms in total. The van der Waals surface area contributed by atoms with E-state index in [-0.39, 0.29) is 6.03 Å². The number of carbonyl (C=O) groups excluding carboxylic acids is 1. The molecule has 0 radical (unpaired) electrons. The number of carbonyl (C=O) groups is 1. The summed E-state index contributed by atoms with van der Waals surface area (Å²) >= 11 is 7.39. The van der Waals surface area contributed by atoms with Crippen LogP contribution in [0.1, 0.15) is 5.69 Å². The smallest absolute Gasteiger partial charge is 0.308 e. The number of hydrogen-bond acceptors (Lipinski definition) is 5. The van der Waals surface area contributed by atoms with Crippen molar-refractivity contribution in [2.75, 3.05) is 10.6 Å². The number of rotatable bonds is 4. The Kier molecular flexibility index (Phi) is 5.14. The molecule has 9 heteroatoms. The molecular weight excluding hydrogens is 396 g/mol. The zero-order valence-corrected chi connectivity index (χ0v) is 16.3. The summed E-state index contributed by atoms with van der Waals surface area (Å²) in [7, 11) is 0. The maximum Gasteiger partial charge on any atom is 0.323 e. The topological polar surface area (TPSA) is 84.2 Å². The molecule has 0 bridgehead atoms. The standard InChI is InChI=1S/C19H15ClN6OS/c1-12-10-17(26-18(23-12)21-11-22-26)28-16-8-6-15(7-9-16)25-19(27)24-14-4-2-13(20)3-5-14/h2-11H,1H3,(H2,24,25,27). The SMILES string of the molecule is Cc1cc(Sc2ccc(NC(=O)Nc3ccc(Cl)cc3)cc2)n2ncnc2n1. The van der Waals surface area contributed by atoms with Gasteiger partial charge in [0.2, 0.25) is 0 Å². The number of nitrogens with zero attached hydrogens (tertiary/aromatic N) is 4. The third-order valence-electron chi connectivity index (χ3n) is 3.78. The number of urea groups is 1. The molecule has 0 spiro atoms. The Morgan fingerprint density at radius 1 is 1.04 bits per heavy atom. The molecule has 0 aliphatic carbocycles. The highest BCUT2D eigenvalue weighted by Crippen LogP contribution is 2.28. The van der Waals surface area contributed by atoms with Gasteiger partial charge in [-0.25, -0.2) is 9.78 Å². The Morgan fingerprint density at radius 3 is 2.36 bits per heavy atom. The fourth-order valence-corrected chi connectivity index (χ4v) is 3.61. The van der Waals surface area contributed by atoms with Gasteiger partial charge in [-0.15, -0.1) is 0 Å². The number of benzene rings is 2. The highest BCUT2D eigenvalue weighted by atomic mass is 35.5. The van der Waals surface area contributed by atoms with Crippen LogP contribution in [0.15, 0.2) is 70.8 Å². The van der Waals surface area contributed by atoms with Crippen molar-refractivity contribution in [3.05, 3.63) is 71.6 Å². The van der Waals surface area contributed by atoms with Gasteiger partial charge in [-0.3, -0.25) is 0 Å². The van der Waals surface area contributed by atoms with Crippen molar-refractivity contribution in [2.45, 2.75) is 16.8 Å². The van der Waals surface area contributed by atoms with E-state index in [0.717, 1.165) is 15.6 Å². The van der Waals surface area contributed by atoms with Gasteiger partial charge in [0.25, 0.3) is 5.78 Å². The van der Waals surface area contributed by atoms with E-state index in [0.29, 0.717) is 22.2 Å². The number of hydrogen-bond donors (Lipinski definition) is 2. The van der Waals surface area contributed by atoms with Gasteiger partial charge >= 0.3 is 6.03 Å². The van der Waals surface area contributed by atoms with Crippen molar-refractivity contribution in [2.24, 2.45) is 0 Å². The number of fused-ring (bicyclic) bond motifs is 1. The van der Waals surface area contributed by atoms with Gasteiger partial charge in [0.1, 0.15) is 11.4 Å². The molecule has 0 saturated carbocycles. The predicted octanol–water partition coefficient (Wildman–Crippen LogP) is 4.88. The minimum Gasteiger partial charge on any atom is -0.308 e. The van der Waals surface area contributed by atoms with E-state index < -0.39 is 0 Å². The first kappa shape index (κ1) is 18.3. The van der Waals surface area contributed by atoms with Crippen LogP contribution in [-0.4, -0.2) is 25.6 Å². The van der Waals surface area contributed by atoms with Crippen molar-refractivity contribution < 1.29 is 4.79 Å². The minimum atomic E-state index is -0.322. The second-order valence-electron chi connectivity index (χ2n) is 5.92. The van der Waals surface area contributed by atoms with Crippen LogP contribution >= 0.6 is 23.4 Å². The lowest BCUT2D eigenvalue weighted by Crippen LogP contribution is -2.19. The largest absolute Gasteiger partial charge is 0.323 e. The maximum absolute atomic E-state index is 12.1. The molecule has 0 fully saturated rings. The van der Waals surface area contributed by atoms with Crippen molar-refractivity contribution in [3.8, 4) is 0 Å². The molecule has 2 N–H and O–H groups in total. The Labute approximate surface area is 170 Å². The minimum absolute atomic E-state index is 0.322. The molecule has 2 aromatic heterocycles. The quantitative estimate of drug-likeness (QED) is 0.468. The summed E-state index contributed by atoms with van der Waals surface area (Å²) in [5.41, 5.74) is 2.23. The van der Waals surface area contributed by atoms with Crippen LogP contribution in [0.4, 0.5) is 16.2 Å². The van der Waals surface area contributed by atoms with Crippen molar-refractivity contribution in [1.82, 2.24) is 19.6 Å². The summed E-state index contributed by atoms with van der Waals surface area (Å²) in [5, 5.41) is 11.3. The normalized spacial score (nSPS) is 10.8. The highest BCUT2D eigenvalue weighted by molar-refractivity contribution is 7.99. The summed E-state index contributed by atoms with van der Waals surface area (Å²) in [6, 6.07) is 16.1. The molecule has 4 rings (SSSR count). The first-order chi connectivity index (χ1) is 13.6. The van der Waals surface area contributed by atoms with Gasteiger partial charge in [0.15, 0.2) is 0 Å². The third-order valence-corrected chi connectivity index (χ3v) is 5.04. The summed E-state index contributed by atoms with van der Waals surface area (Å²) in [4.78, 5) is 21.6. The molecule has 0 aliphatic rings. The summed E-state index contributed by atoms with van der Waals surface area (Å²) in [6.45, 7) is 1.92. The van der Waals surface area contributed by atoms with Gasteiger partial charge in [0, 0.05) is 27.0 Å². The monoisotopic (exact) mass is 410 g/mol. The number of halogens is 1. The van der Waals surface area contributed by atoms with Crippen molar-refractivity contribution in [3.63, 3.8) is 0 Å². The van der Waals surface area contributed by atoms with Crippen LogP contribution in [0.25, 0.3) is 5.78 Å². The van der Waals surface area contributed by atoms with Crippen LogP contribution in [0.2, 0.25) is 5.02 Å². The van der Waals surface area contributed by atoms with E-state index in [9.17, 15) is 4.79 Å². The van der Waals surface area contributed by atoms with Crippen LogP contribution < -0.4 is 10.6 Å². The first-order valence-corrected chi connectivity index (χ1v) is 9.55. The molecular formula is C19H15ClN6OS. The number of anilines is 2. The molecule has 140 valence electrons. The van der Waals surface area contributed by atoms with Crippen LogP contribution in [0.5, 0.6) is 0 Å². The summed E-state index contributed by atoms with van der Waals surface area (Å²) < 4.78 is 1.70. The number of aryl methyl sites for hydroxylation is 1. The van der Waals surface area contributed by atoms with Gasteiger partial charge in [0.05, 0.1) is 0 Å². The van der Waals surface area contributed by atoms with Gasteiger partial charge in [-0.05, 0) is 61.5 Å². The Bertz CT molecular complexity index is 1130. The lowest BCUT2D eigenvalue weighted by atomic mass is 10.3. The summed E-state index contributed by atoms with van der Waals surface area (Å²) in [6.07, 6.45) is 1.48. The number of aromatic nitrogens is 4. The molecule has 0 unspecified atom stereocenters. The lowest BCUT2D eigenvalue weighted by molar-refractivity contribution is 0.262. The van der Waals surface area contributed by atoms with E-state index in [1.807, 2.05) is 37.3 Å². The zero-order valence-electron chi connectivity index (χ0n) is 14.8. The fraction of sp³-hybridized carbons (Fsp3) is 0.0526. The molecule has 2 aromatic carbocycles. The van der Waals surface area contributed by atoms with Crippen molar-refractivity contribution >= 4 is 46.5 Å². The Morgan fingerprint density at radius 2 is 1.68 bits per heavy atom. The van der Waals surface area contributed by atoms with Crippen molar-refractivity contribution in [1.29, 1.82) is 0 Å². The molecule has 28 heavy (non-hydrogen) atoms. The molecule has 2 heterocycles. The van der Waals surface area contributed by atoms with Crippen LogP contribution in [0, 0.1) is 6.92 Å². The molecule has 0 aliphatic heterocycles. The average Bonchev–Trinajstić information content (AvgIpc) is 3.14. The van der Waals surface area contributed by atoms with Gasteiger partial charge < -0.3 is 10.6 Å². The molecule has 4 aromatic rings. The lowest BCUT2D eigenvalue weighted by Gasteiger charge is -2.09. The molecule has 0 atom stereocenters. The van der Waals surface area contributed by atoms with E-state index in [2.05, 4.69) is 25.7 Å². The number of amides is 2. The predicted molar refractivity (Wildman–Crippen MR) is 110 cm³/mol. The number of nitrogens with one attached hydrogen (secondary N) is 2. The van der Waals surface area contributed by atoms with E-state index >= 15 is 0 Å². The van der Waals surface area contributed by atoms with Crippen LogP contribution in [0.3, 0.4) is 0 Å². The summed E-state index contributed by atoms with van der Waals surface area (Å²) in [5.74, 6) is 0.569. The second kappa shape index (κ2) is 7.87. The Hall–Kier alpha value is -3.10. The highest BCUT2D eigenvalue weighted by Gasteiger charge is 2.08. The molecule has 2 amide bonds. The first-order valence-electron chi connectivity index (χ1n) is 8.36. The van der Waals surface area contributed by atoms with E-state index in [1.165, 1.54) is 6.33 Å². The zero-order chi connectivity index (χ0) is 19.5. The van der Waals surface area contributed by atoms with E-state index in [1.54, 1.807) is 40.5 Å². The van der Waals surface area contributed by atoms with Gasteiger partial charge in [-0.1, -0.05) is 23.4 Å². The average molecular weight is 411 g/mol. The Balaban J connectivity index is 1.42.